The Bertz CT molecular complexity index is 748. The Kier molecular flexibility index (Phi) is 9.33. The SMILES string of the molecule is COCCOc1cc([N+](=O)[O-])c(C(=O)NCCC(=O)NC2CCCCC2)cc1OC. The van der Waals surface area contributed by atoms with Crippen LogP contribution in [-0.4, -0.2) is 56.8 Å². The molecule has 0 radical (unpaired) electrons. The number of nitro benzene ring substituents is 1. The van der Waals surface area contributed by atoms with Crippen LogP contribution < -0.4 is 20.1 Å². The molecule has 10 nitrogen and oxygen atoms in total. The summed E-state index contributed by atoms with van der Waals surface area (Å²) in [6, 6.07) is 2.61. The lowest BCUT2D eigenvalue weighted by molar-refractivity contribution is -0.385. The molecular formula is C20H29N3O7. The lowest BCUT2D eigenvalue weighted by atomic mass is 9.95. The first-order valence-corrected chi connectivity index (χ1v) is 10.0. The van der Waals surface area contributed by atoms with Crippen molar-refractivity contribution >= 4 is 17.5 Å². The van der Waals surface area contributed by atoms with E-state index in [-0.39, 0.29) is 48.6 Å². The molecule has 1 aromatic carbocycles. The summed E-state index contributed by atoms with van der Waals surface area (Å²) in [5, 5.41) is 17.0. The second-order valence-electron chi connectivity index (χ2n) is 7.03. The molecule has 1 saturated carbocycles. The Balaban J connectivity index is 1.99. The van der Waals surface area contributed by atoms with E-state index in [4.69, 9.17) is 14.2 Å². The first kappa shape index (κ1) is 23.4. The Labute approximate surface area is 175 Å². The summed E-state index contributed by atoms with van der Waals surface area (Å²) in [5.41, 5.74) is -0.573. The lowest BCUT2D eigenvalue weighted by Crippen LogP contribution is -2.38. The highest BCUT2D eigenvalue weighted by Gasteiger charge is 2.25. The number of nitrogens with one attached hydrogen (secondary N) is 2. The molecule has 0 heterocycles. The van der Waals surface area contributed by atoms with E-state index in [0.717, 1.165) is 31.7 Å². The van der Waals surface area contributed by atoms with Crippen LogP contribution in [0, 0.1) is 10.1 Å². The molecule has 0 atom stereocenters. The monoisotopic (exact) mass is 423 g/mol. The van der Waals surface area contributed by atoms with Gasteiger partial charge in [0.25, 0.3) is 11.6 Å². The van der Waals surface area contributed by atoms with Crippen LogP contribution in [0.2, 0.25) is 0 Å². The van der Waals surface area contributed by atoms with Crippen molar-refractivity contribution in [2.24, 2.45) is 0 Å². The topological polar surface area (TPSA) is 129 Å². The number of hydrogen-bond donors (Lipinski definition) is 2. The average molecular weight is 423 g/mol. The van der Waals surface area contributed by atoms with E-state index in [1.54, 1.807) is 0 Å². The quantitative estimate of drug-likeness (QED) is 0.317. The van der Waals surface area contributed by atoms with Gasteiger partial charge in [-0.15, -0.1) is 0 Å². The van der Waals surface area contributed by atoms with Crippen LogP contribution in [0.25, 0.3) is 0 Å². The first-order valence-electron chi connectivity index (χ1n) is 10.0. The van der Waals surface area contributed by atoms with Gasteiger partial charge in [0, 0.05) is 32.2 Å². The van der Waals surface area contributed by atoms with E-state index in [1.165, 1.54) is 26.7 Å². The van der Waals surface area contributed by atoms with Crippen LogP contribution in [-0.2, 0) is 9.53 Å². The summed E-state index contributed by atoms with van der Waals surface area (Å²) >= 11 is 0. The third-order valence-corrected chi connectivity index (χ3v) is 4.88. The highest BCUT2D eigenvalue weighted by atomic mass is 16.6. The van der Waals surface area contributed by atoms with E-state index in [1.807, 2.05) is 0 Å². The molecule has 30 heavy (non-hydrogen) atoms. The van der Waals surface area contributed by atoms with Gasteiger partial charge in [0.05, 0.1) is 24.7 Å². The summed E-state index contributed by atoms with van der Waals surface area (Å²) in [7, 11) is 2.88. The Hall–Kier alpha value is -2.88. The summed E-state index contributed by atoms with van der Waals surface area (Å²) in [4.78, 5) is 35.4. The number of carbonyl (C=O) groups is 2. The van der Waals surface area contributed by atoms with Crippen LogP contribution in [0.1, 0.15) is 48.9 Å². The zero-order valence-corrected chi connectivity index (χ0v) is 17.4. The Morgan fingerprint density at radius 1 is 1.13 bits per heavy atom. The largest absolute Gasteiger partial charge is 0.493 e. The van der Waals surface area contributed by atoms with E-state index < -0.39 is 16.5 Å². The van der Waals surface area contributed by atoms with Crippen molar-refractivity contribution in [3.05, 3.63) is 27.8 Å². The van der Waals surface area contributed by atoms with Crippen molar-refractivity contribution in [1.82, 2.24) is 10.6 Å². The molecule has 0 aromatic heterocycles. The number of nitrogens with zero attached hydrogens (tertiary/aromatic N) is 1. The van der Waals surface area contributed by atoms with Gasteiger partial charge in [-0.1, -0.05) is 19.3 Å². The maximum Gasteiger partial charge on any atom is 0.286 e. The Morgan fingerprint density at radius 3 is 2.50 bits per heavy atom. The molecule has 166 valence electrons. The third kappa shape index (κ3) is 6.87. The van der Waals surface area contributed by atoms with Gasteiger partial charge in [-0.25, -0.2) is 0 Å². The maximum atomic E-state index is 12.5. The maximum absolute atomic E-state index is 12.5. The zero-order chi connectivity index (χ0) is 21.9. The number of amides is 2. The number of rotatable bonds is 11. The smallest absolute Gasteiger partial charge is 0.286 e. The van der Waals surface area contributed by atoms with Crippen LogP contribution in [0.5, 0.6) is 11.5 Å². The minimum Gasteiger partial charge on any atom is -0.493 e. The fourth-order valence-electron chi connectivity index (χ4n) is 3.32. The molecular weight excluding hydrogens is 394 g/mol. The molecule has 1 aromatic rings. The number of nitro groups is 1. The van der Waals surface area contributed by atoms with Gasteiger partial charge in [0.1, 0.15) is 12.2 Å². The highest BCUT2D eigenvalue weighted by Crippen LogP contribution is 2.34. The predicted molar refractivity (Wildman–Crippen MR) is 109 cm³/mol. The van der Waals surface area contributed by atoms with E-state index in [9.17, 15) is 19.7 Å². The molecule has 0 bridgehead atoms. The zero-order valence-electron chi connectivity index (χ0n) is 17.4. The van der Waals surface area contributed by atoms with Gasteiger partial charge in [-0.05, 0) is 12.8 Å². The van der Waals surface area contributed by atoms with E-state index in [0.29, 0.717) is 6.61 Å². The number of benzene rings is 1. The van der Waals surface area contributed by atoms with Crippen LogP contribution in [0.15, 0.2) is 12.1 Å². The molecule has 2 amide bonds. The molecule has 10 heteroatoms. The molecule has 1 aliphatic carbocycles. The average Bonchev–Trinajstić information content (AvgIpc) is 2.74. The minimum absolute atomic E-state index is 0.0724. The third-order valence-electron chi connectivity index (χ3n) is 4.88. The molecule has 2 N–H and O–H groups in total. The van der Waals surface area contributed by atoms with Gasteiger partial charge in [-0.3, -0.25) is 19.7 Å². The number of ether oxygens (including phenoxy) is 3. The second kappa shape index (κ2) is 12.0. The molecule has 2 rings (SSSR count). The van der Waals surface area contributed by atoms with Crippen LogP contribution in [0.4, 0.5) is 5.69 Å². The first-order chi connectivity index (χ1) is 14.5. The van der Waals surface area contributed by atoms with Crippen molar-refractivity contribution in [3.63, 3.8) is 0 Å². The van der Waals surface area contributed by atoms with Crippen molar-refractivity contribution < 1.29 is 28.7 Å². The van der Waals surface area contributed by atoms with Gasteiger partial charge in [0.2, 0.25) is 5.91 Å². The van der Waals surface area contributed by atoms with Gasteiger partial charge in [-0.2, -0.15) is 0 Å². The van der Waals surface area contributed by atoms with Crippen molar-refractivity contribution in [2.75, 3.05) is 34.0 Å². The summed E-state index contributed by atoms with van der Waals surface area (Å²) < 4.78 is 15.5. The number of hydrogen-bond acceptors (Lipinski definition) is 7. The van der Waals surface area contributed by atoms with E-state index >= 15 is 0 Å². The molecule has 0 saturated heterocycles. The highest BCUT2D eigenvalue weighted by molar-refractivity contribution is 5.99. The lowest BCUT2D eigenvalue weighted by Gasteiger charge is -2.22. The Morgan fingerprint density at radius 2 is 1.87 bits per heavy atom. The minimum atomic E-state index is -0.659. The van der Waals surface area contributed by atoms with E-state index in [2.05, 4.69) is 10.6 Å². The summed E-state index contributed by atoms with van der Waals surface area (Å²) in [6.45, 7) is 0.538. The summed E-state index contributed by atoms with van der Waals surface area (Å²) in [6.07, 6.45) is 5.47. The predicted octanol–water partition coefficient (Wildman–Crippen LogP) is 2.20. The van der Waals surface area contributed by atoms with Crippen molar-refractivity contribution in [3.8, 4) is 11.5 Å². The molecule has 0 spiro atoms. The van der Waals surface area contributed by atoms with Crippen LogP contribution in [0.3, 0.4) is 0 Å². The number of methoxy groups -OCH3 is 2. The van der Waals surface area contributed by atoms with Crippen LogP contribution >= 0.6 is 0 Å². The molecule has 1 aliphatic rings. The van der Waals surface area contributed by atoms with Gasteiger partial charge in [0.15, 0.2) is 11.5 Å². The van der Waals surface area contributed by atoms with Gasteiger partial charge >= 0.3 is 0 Å². The molecule has 1 fully saturated rings. The fourth-order valence-corrected chi connectivity index (χ4v) is 3.32. The second-order valence-corrected chi connectivity index (χ2v) is 7.03. The van der Waals surface area contributed by atoms with Crippen molar-refractivity contribution in [1.29, 1.82) is 0 Å². The summed E-state index contributed by atoms with van der Waals surface area (Å²) in [5.74, 6) is -0.466. The van der Waals surface area contributed by atoms with Crippen molar-refractivity contribution in [2.45, 2.75) is 44.6 Å². The number of carbonyl (C=O) groups excluding carboxylic acids is 2. The fraction of sp³-hybridized carbons (Fsp3) is 0.600. The van der Waals surface area contributed by atoms with Gasteiger partial charge < -0.3 is 24.8 Å². The standard InChI is InChI=1S/C20H29N3O7/c1-28-10-11-30-18-13-16(23(26)27)15(12-17(18)29-2)20(25)21-9-8-19(24)22-14-6-4-3-5-7-14/h12-14H,3-11H2,1-2H3,(H,21,25)(H,22,24). The normalized spacial score (nSPS) is 14.1. The molecule has 0 aliphatic heterocycles. The molecule has 0 unspecified atom stereocenters.